The fourth-order valence-electron chi connectivity index (χ4n) is 4.29. The number of amides is 1. The van der Waals surface area contributed by atoms with Gasteiger partial charge in [-0.15, -0.1) is 0 Å². The van der Waals surface area contributed by atoms with Gasteiger partial charge in [-0.3, -0.25) is 9.20 Å². The fraction of sp³-hybridized carbons (Fsp3) is 0.160. The Morgan fingerprint density at radius 1 is 1.15 bits per heavy atom. The van der Waals surface area contributed by atoms with Gasteiger partial charge in [0, 0.05) is 43.0 Å². The summed E-state index contributed by atoms with van der Waals surface area (Å²) < 4.78 is 37.3. The Hall–Kier alpha value is -4.07. The van der Waals surface area contributed by atoms with Crippen molar-refractivity contribution < 1.29 is 18.3 Å². The number of hydrogen-bond acceptors (Lipinski definition) is 4. The van der Waals surface area contributed by atoms with E-state index in [1.165, 1.54) is 24.4 Å². The summed E-state index contributed by atoms with van der Waals surface area (Å²) in [5.41, 5.74) is 2.36. The van der Waals surface area contributed by atoms with Crippen LogP contribution < -0.4 is 4.74 Å². The third-order valence-electron chi connectivity index (χ3n) is 5.90. The quantitative estimate of drug-likeness (QED) is 0.406. The van der Waals surface area contributed by atoms with Crippen LogP contribution in [0.4, 0.5) is 8.78 Å². The van der Waals surface area contributed by atoms with E-state index in [1.54, 1.807) is 40.0 Å². The molecule has 1 aromatic carbocycles. The molecule has 1 amide bonds. The second kappa shape index (κ2) is 8.46. The molecule has 1 aliphatic rings. The number of hydrogen-bond donors (Lipinski definition) is 0. The van der Waals surface area contributed by atoms with Crippen molar-refractivity contribution in [2.45, 2.75) is 12.3 Å². The molecule has 1 saturated heterocycles. The number of fused-ring (bicyclic) bond motifs is 1. The molecule has 1 fully saturated rings. The molecule has 0 radical (unpaired) electrons. The van der Waals surface area contributed by atoms with Gasteiger partial charge in [0.05, 0.1) is 17.5 Å². The highest BCUT2D eigenvalue weighted by molar-refractivity contribution is 5.87. The van der Waals surface area contributed by atoms with E-state index >= 15 is 4.39 Å². The number of pyridine rings is 1. The number of carbonyl (C=O) groups is 1. The zero-order chi connectivity index (χ0) is 22.9. The van der Waals surface area contributed by atoms with Crippen LogP contribution in [0.3, 0.4) is 0 Å². The maximum absolute atomic E-state index is 15.2. The first-order valence-corrected chi connectivity index (χ1v) is 10.5. The molecule has 1 atom stereocenters. The number of nitrogens with zero attached hydrogens (tertiary/aromatic N) is 4. The average Bonchev–Trinajstić information content (AvgIpc) is 3.48. The minimum absolute atomic E-state index is 0.0692. The monoisotopic (exact) mass is 446 g/mol. The standard InChI is InChI=1S/C25H20F2N4O2/c1-2-23(32)30-12-9-16(14-30)18-13-20(31-15-28-11-8-19(18)31)17-6-7-21(25(27)24(17)26)33-22-5-3-4-10-29-22/h2-8,10-11,13,15-16H,1,9,12,14H2. The molecule has 5 rings (SSSR count). The minimum Gasteiger partial charge on any atom is -0.436 e. The second-order valence-corrected chi connectivity index (χ2v) is 7.80. The summed E-state index contributed by atoms with van der Waals surface area (Å²) in [4.78, 5) is 21.9. The van der Waals surface area contributed by atoms with E-state index in [4.69, 9.17) is 4.74 Å². The molecule has 33 heavy (non-hydrogen) atoms. The molecule has 0 bridgehead atoms. The summed E-state index contributed by atoms with van der Waals surface area (Å²) in [5, 5.41) is 0. The first-order chi connectivity index (χ1) is 16.1. The normalized spacial score (nSPS) is 15.7. The van der Waals surface area contributed by atoms with Crippen molar-refractivity contribution in [1.82, 2.24) is 19.3 Å². The van der Waals surface area contributed by atoms with E-state index < -0.39 is 11.6 Å². The highest BCUT2D eigenvalue weighted by Gasteiger charge is 2.29. The van der Waals surface area contributed by atoms with Gasteiger partial charge in [-0.1, -0.05) is 12.6 Å². The summed E-state index contributed by atoms with van der Waals surface area (Å²) in [6, 6.07) is 11.5. The molecular weight excluding hydrogens is 426 g/mol. The Morgan fingerprint density at radius 3 is 2.82 bits per heavy atom. The van der Waals surface area contributed by atoms with E-state index in [0.717, 1.165) is 17.5 Å². The molecule has 1 unspecified atom stereocenters. The number of halogens is 2. The lowest BCUT2D eigenvalue weighted by Gasteiger charge is -2.13. The summed E-state index contributed by atoms with van der Waals surface area (Å²) in [6.45, 7) is 4.72. The molecule has 166 valence electrons. The Kier molecular flexibility index (Phi) is 5.34. The van der Waals surface area contributed by atoms with Crippen molar-refractivity contribution >= 4 is 11.4 Å². The maximum atomic E-state index is 15.2. The predicted octanol–water partition coefficient (Wildman–Crippen LogP) is 4.97. The van der Waals surface area contributed by atoms with Crippen molar-refractivity contribution in [3.8, 4) is 22.9 Å². The zero-order valence-electron chi connectivity index (χ0n) is 17.6. The van der Waals surface area contributed by atoms with Gasteiger partial charge in [0.1, 0.15) is 0 Å². The highest BCUT2D eigenvalue weighted by atomic mass is 19.2. The summed E-state index contributed by atoms with van der Waals surface area (Å²) >= 11 is 0. The van der Waals surface area contributed by atoms with Crippen LogP contribution in [-0.2, 0) is 4.79 Å². The molecule has 0 spiro atoms. The van der Waals surface area contributed by atoms with Gasteiger partial charge in [0.25, 0.3) is 0 Å². The van der Waals surface area contributed by atoms with Crippen molar-refractivity contribution in [2.24, 2.45) is 0 Å². The Bertz CT molecular complexity index is 1350. The first kappa shape index (κ1) is 20.8. The third kappa shape index (κ3) is 3.73. The van der Waals surface area contributed by atoms with Gasteiger partial charge >= 0.3 is 0 Å². The molecule has 3 aromatic heterocycles. The molecule has 4 heterocycles. The largest absolute Gasteiger partial charge is 0.436 e. The lowest BCUT2D eigenvalue weighted by molar-refractivity contribution is -0.125. The smallest absolute Gasteiger partial charge is 0.245 e. The summed E-state index contributed by atoms with van der Waals surface area (Å²) in [7, 11) is 0. The van der Waals surface area contributed by atoms with Crippen LogP contribution in [-0.4, -0.2) is 38.3 Å². The van der Waals surface area contributed by atoms with Crippen LogP contribution in [0.1, 0.15) is 17.9 Å². The SMILES string of the molecule is C=CC(=O)N1CCC(c2cc(-c3ccc(Oc4ccccn4)c(F)c3F)n3cnccc23)C1. The molecule has 6 nitrogen and oxygen atoms in total. The van der Waals surface area contributed by atoms with E-state index in [0.29, 0.717) is 18.8 Å². The number of ether oxygens (including phenoxy) is 1. The van der Waals surface area contributed by atoms with Crippen LogP contribution in [0.15, 0.2) is 73.8 Å². The van der Waals surface area contributed by atoms with Gasteiger partial charge < -0.3 is 9.64 Å². The van der Waals surface area contributed by atoms with Crippen molar-refractivity contribution in [1.29, 1.82) is 0 Å². The lowest BCUT2D eigenvalue weighted by atomic mass is 9.98. The second-order valence-electron chi connectivity index (χ2n) is 7.80. The maximum Gasteiger partial charge on any atom is 0.245 e. The van der Waals surface area contributed by atoms with Gasteiger partial charge in [-0.25, -0.2) is 14.4 Å². The number of aromatic nitrogens is 3. The van der Waals surface area contributed by atoms with Gasteiger partial charge in [-0.2, -0.15) is 4.39 Å². The molecule has 0 saturated carbocycles. The van der Waals surface area contributed by atoms with Crippen molar-refractivity contribution in [2.75, 3.05) is 13.1 Å². The molecular formula is C25H20F2N4O2. The number of benzene rings is 1. The van der Waals surface area contributed by atoms with E-state index in [2.05, 4.69) is 16.5 Å². The fourth-order valence-corrected chi connectivity index (χ4v) is 4.29. The van der Waals surface area contributed by atoms with E-state index in [9.17, 15) is 9.18 Å². The zero-order valence-corrected chi connectivity index (χ0v) is 17.6. The molecule has 1 aliphatic heterocycles. The number of carbonyl (C=O) groups excluding carboxylic acids is 1. The first-order valence-electron chi connectivity index (χ1n) is 10.5. The van der Waals surface area contributed by atoms with Crippen LogP contribution in [0.2, 0.25) is 0 Å². The van der Waals surface area contributed by atoms with Gasteiger partial charge in [0.15, 0.2) is 11.6 Å². The van der Waals surface area contributed by atoms with Gasteiger partial charge in [-0.05, 0) is 48.4 Å². The predicted molar refractivity (Wildman–Crippen MR) is 119 cm³/mol. The van der Waals surface area contributed by atoms with Crippen molar-refractivity contribution in [3.05, 3.63) is 91.0 Å². The summed E-state index contributed by atoms with van der Waals surface area (Å²) in [6.07, 6.45) is 6.82. The lowest BCUT2D eigenvalue weighted by Crippen LogP contribution is -2.26. The number of likely N-dealkylation sites (tertiary alicyclic amines) is 1. The number of rotatable bonds is 5. The van der Waals surface area contributed by atoms with Crippen LogP contribution in [0.5, 0.6) is 11.6 Å². The van der Waals surface area contributed by atoms with E-state index in [-0.39, 0.29) is 29.0 Å². The van der Waals surface area contributed by atoms with Crippen LogP contribution in [0.25, 0.3) is 16.8 Å². The third-order valence-corrected chi connectivity index (χ3v) is 5.90. The van der Waals surface area contributed by atoms with E-state index in [1.807, 2.05) is 12.1 Å². The topological polar surface area (TPSA) is 59.7 Å². The molecule has 8 heteroatoms. The highest BCUT2D eigenvalue weighted by Crippen LogP contribution is 2.38. The minimum atomic E-state index is -1.10. The molecule has 0 N–H and O–H groups in total. The molecule has 0 aliphatic carbocycles. The Labute approximate surface area is 188 Å². The van der Waals surface area contributed by atoms with Crippen LogP contribution in [0, 0.1) is 11.6 Å². The van der Waals surface area contributed by atoms with Crippen molar-refractivity contribution in [3.63, 3.8) is 0 Å². The summed E-state index contributed by atoms with van der Waals surface area (Å²) in [5.74, 6) is -2.24. The van der Waals surface area contributed by atoms with Gasteiger partial charge in [0.2, 0.25) is 17.6 Å². The Balaban J connectivity index is 1.54. The average molecular weight is 446 g/mol. The Morgan fingerprint density at radius 2 is 2.03 bits per heavy atom. The molecule has 4 aromatic rings. The van der Waals surface area contributed by atoms with Crippen LogP contribution >= 0.6 is 0 Å².